The highest BCUT2D eigenvalue weighted by atomic mass is 32.1. The molecule has 1 aromatic carbocycles. The molecule has 0 fully saturated rings. The van der Waals surface area contributed by atoms with E-state index in [2.05, 4.69) is 5.32 Å². The predicted octanol–water partition coefficient (Wildman–Crippen LogP) is 2.93. The lowest BCUT2D eigenvalue weighted by atomic mass is 10.3. The Morgan fingerprint density at radius 1 is 1.30 bits per heavy atom. The first kappa shape index (κ1) is 14.0. The van der Waals surface area contributed by atoms with Gasteiger partial charge in [-0.1, -0.05) is 6.07 Å². The van der Waals surface area contributed by atoms with Crippen LogP contribution in [0.4, 0.5) is 11.4 Å². The van der Waals surface area contributed by atoms with Gasteiger partial charge in [0.1, 0.15) is 11.5 Å². The van der Waals surface area contributed by atoms with Crippen molar-refractivity contribution in [3.05, 3.63) is 56.8 Å². The molecule has 1 heterocycles. The van der Waals surface area contributed by atoms with Crippen molar-refractivity contribution in [2.45, 2.75) is 0 Å². The Bertz CT molecular complexity index is 581. The van der Waals surface area contributed by atoms with E-state index in [1.807, 2.05) is 5.38 Å². The molecule has 2 rings (SSSR count). The zero-order valence-electron chi connectivity index (χ0n) is 10.4. The van der Waals surface area contributed by atoms with E-state index in [-0.39, 0.29) is 18.3 Å². The molecule has 0 atom stereocenters. The van der Waals surface area contributed by atoms with E-state index in [1.54, 1.807) is 24.3 Å². The average molecular weight is 292 g/mol. The van der Waals surface area contributed by atoms with Gasteiger partial charge in [-0.25, -0.2) is 4.79 Å². The molecule has 0 saturated heterocycles. The number of hydrogen-bond donors (Lipinski definition) is 1. The Kier molecular flexibility index (Phi) is 4.67. The molecule has 20 heavy (non-hydrogen) atoms. The Morgan fingerprint density at radius 2 is 2.05 bits per heavy atom. The lowest BCUT2D eigenvalue weighted by molar-refractivity contribution is -0.384. The number of thiophene rings is 1. The maximum absolute atomic E-state index is 11.5. The number of nitrogens with one attached hydrogen (secondary N) is 1. The number of esters is 1. The predicted molar refractivity (Wildman–Crippen MR) is 76.2 cm³/mol. The van der Waals surface area contributed by atoms with Crippen molar-refractivity contribution >= 4 is 28.7 Å². The summed E-state index contributed by atoms with van der Waals surface area (Å²) in [4.78, 5) is 22.1. The number of nitrogens with zero attached hydrogens (tertiary/aromatic N) is 1. The molecule has 0 bridgehead atoms. The zero-order chi connectivity index (χ0) is 14.4. The van der Waals surface area contributed by atoms with E-state index >= 15 is 0 Å². The van der Waals surface area contributed by atoms with E-state index in [0.717, 1.165) is 5.69 Å². The van der Waals surface area contributed by atoms with Gasteiger partial charge in [0, 0.05) is 24.4 Å². The van der Waals surface area contributed by atoms with Gasteiger partial charge in [-0.2, -0.15) is 0 Å². The number of non-ortho nitro benzene ring substituents is 1. The first-order valence-electron chi connectivity index (χ1n) is 5.86. The summed E-state index contributed by atoms with van der Waals surface area (Å²) in [5.74, 6) is -0.342. The summed E-state index contributed by atoms with van der Waals surface area (Å²) in [5.41, 5.74) is 0.780. The van der Waals surface area contributed by atoms with Crippen LogP contribution in [0.2, 0.25) is 0 Å². The van der Waals surface area contributed by atoms with Crippen LogP contribution >= 0.6 is 11.3 Å². The van der Waals surface area contributed by atoms with E-state index in [9.17, 15) is 14.9 Å². The van der Waals surface area contributed by atoms with Gasteiger partial charge in [0.25, 0.3) is 5.69 Å². The molecule has 0 saturated carbocycles. The van der Waals surface area contributed by atoms with Crippen LogP contribution in [0.15, 0.2) is 41.8 Å². The summed E-state index contributed by atoms with van der Waals surface area (Å²) in [6.45, 7) is 0.669. The molecule has 0 amide bonds. The van der Waals surface area contributed by atoms with Gasteiger partial charge in [0.2, 0.25) is 0 Å². The number of carbonyl (C=O) groups is 1. The number of benzene rings is 1. The van der Waals surface area contributed by atoms with Crippen molar-refractivity contribution in [2.24, 2.45) is 0 Å². The minimum atomic E-state index is -0.452. The monoisotopic (exact) mass is 292 g/mol. The number of hydrogen-bond acceptors (Lipinski definition) is 6. The number of anilines is 1. The van der Waals surface area contributed by atoms with Gasteiger partial charge in [0.15, 0.2) is 0 Å². The fourth-order valence-electron chi connectivity index (χ4n) is 1.51. The Labute approximate surface area is 119 Å². The molecule has 0 aliphatic rings. The highest BCUT2D eigenvalue weighted by molar-refractivity contribution is 7.11. The summed E-state index contributed by atoms with van der Waals surface area (Å²) in [5, 5.41) is 15.3. The van der Waals surface area contributed by atoms with Gasteiger partial charge >= 0.3 is 5.97 Å². The van der Waals surface area contributed by atoms with Crippen LogP contribution in [0.5, 0.6) is 0 Å². The molecule has 1 N–H and O–H groups in total. The summed E-state index contributed by atoms with van der Waals surface area (Å²) in [6.07, 6.45) is 0. The largest absolute Gasteiger partial charge is 0.460 e. The van der Waals surface area contributed by atoms with E-state index in [4.69, 9.17) is 4.74 Å². The first-order chi connectivity index (χ1) is 9.66. The number of ether oxygens (including phenoxy) is 1. The maximum atomic E-state index is 11.5. The first-order valence-corrected chi connectivity index (χ1v) is 6.74. The fourth-order valence-corrected chi connectivity index (χ4v) is 2.12. The van der Waals surface area contributed by atoms with Crippen LogP contribution in [0.25, 0.3) is 0 Å². The minimum absolute atomic E-state index is 0.0414. The Balaban J connectivity index is 1.73. The quantitative estimate of drug-likeness (QED) is 0.383. The summed E-state index contributed by atoms with van der Waals surface area (Å²) >= 11 is 1.33. The molecule has 0 radical (unpaired) electrons. The van der Waals surface area contributed by atoms with Crippen molar-refractivity contribution in [2.75, 3.05) is 18.5 Å². The number of nitro groups is 1. The lowest BCUT2D eigenvalue weighted by Crippen LogP contribution is -2.13. The second-order valence-electron chi connectivity index (χ2n) is 3.84. The third-order valence-corrected chi connectivity index (χ3v) is 3.31. The van der Waals surface area contributed by atoms with Crippen molar-refractivity contribution in [3.63, 3.8) is 0 Å². The third-order valence-electron chi connectivity index (χ3n) is 2.46. The Hall–Kier alpha value is -2.41. The van der Waals surface area contributed by atoms with Gasteiger partial charge in [-0.05, 0) is 23.6 Å². The molecule has 0 unspecified atom stereocenters. The van der Waals surface area contributed by atoms with E-state index in [0.29, 0.717) is 11.4 Å². The van der Waals surface area contributed by atoms with Crippen molar-refractivity contribution in [3.8, 4) is 0 Å². The highest BCUT2D eigenvalue weighted by Gasteiger charge is 2.07. The molecular formula is C13H12N2O4S. The molecular weight excluding hydrogens is 280 g/mol. The van der Waals surface area contributed by atoms with Crippen LogP contribution in [0.1, 0.15) is 9.67 Å². The van der Waals surface area contributed by atoms with Gasteiger partial charge < -0.3 is 10.1 Å². The minimum Gasteiger partial charge on any atom is -0.460 e. The number of rotatable bonds is 6. The van der Waals surface area contributed by atoms with Gasteiger partial charge in [-0.15, -0.1) is 11.3 Å². The fraction of sp³-hybridized carbons (Fsp3) is 0.154. The average Bonchev–Trinajstić information content (AvgIpc) is 2.98. The summed E-state index contributed by atoms with van der Waals surface area (Å²) < 4.78 is 5.07. The second kappa shape index (κ2) is 6.67. The normalized spacial score (nSPS) is 10.0. The van der Waals surface area contributed by atoms with Crippen molar-refractivity contribution in [1.82, 2.24) is 0 Å². The van der Waals surface area contributed by atoms with Crippen molar-refractivity contribution in [1.29, 1.82) is 0 Å². The topological polar surface area (TPSA) is 81.5 Å². The standard InChI is InChI=1S/C13H12N2O4S/c16-13(12-2-1-9-20-12)19-8-7-14-10-3-5-11(6-4-10)15(17)18/h1-6,9,14H,7-8H2. The molecule has 0 aliphatic carbocycles. The molecule has 0 aliphatic heterocycles. The summed E-state index contributed by atoms with van der Waals surface area (Å²) in [7, 11) is 0. The number of carbonyl (C=O) groups excluding carboxylic acids is 1. The van der Waals surface area contributed by atoms with Crippen LogP contribution in [0.3, 0.4) is 0 Å². The third kappa shape index (κ3) is 3.79. The second-order valence-corrected chi connectivity index (χ2v) is 4.79. The molecule has 1 aromatic heterocycles. The Morgan fingerprint density at radius 3 is 2.65 bits per heavy atom. The lowest BCUT2D eigenvalue weighted by Gasteiger charge is -2.06. The molecule has 104 valence electrons. The number of nitro benzene ring substituents is 1. The summed E-state index contributed by atoms with van der Waals surface area (Å²) in [6, 6.07) is 9.55. The molecule has 0 spiro atoms. The highest BCUT2D eigenvalue weighted by Crippen LogP contribution is 2.15. The van der Waals surface area contributed by atoms with Crippen LogP contribution in [0, 0.1) is 10.1 Å². The van der Waals surface area contributed by atoms with Crippen LogP contribution in [-0.2, 0) is 4.74 Å². The smallest absolute Gasteiger partial charge is 0.348 e. The van der Waals surface area contributed by atoms with Gasteiger partial charge in [-0.3, -0.25) is 10.1 Å². The SMILES string of the molecule is O=C(OCCNc1ccc([N+](=O)[O-])cc1)c1cccs1. The molecule has 2 aromatic rings. The zero-order valence-corrected chi connectivity index (χ0v) is 11.3. The van der Waals surface area contributed by atoms with Crippen LogP contribution in [-0.4, -0.2) is 24.0 Å². The van der Waals surface area contributed by atoms with E-state index in [1.165, 1.54) is 23.5 Å². The van der Waals surface area contributed by atoms with Crippen molar-refractivity contribution < 1.29 is 14.5 Å². The molecule has 7 heteroatoms. The van der Waals surface area contributed by atoms with Gasteiger partial charge in [0.05, 0.1) is 4.92 Å². The van der Waals surface area contributed by atoms with E-state index < -0.39 is 4.92 Å². The van der Waals surface area contributed by atoms with Crippen LogP contribution < -0.4 is 5.32 Å². The molecule has 6 nitrogen and oxygen atoms in total. The maximum Gasteiger partial charge on any atom is 0.348 e.